The fourth-order valence-electron chi connectivity index (χ4n) is 5.33. The van der Waals surface area contributed by atoms with Crippen molar-refractivity contribution < 1.29 is 0 Å². The molecule has 37 heavy (non-hydrogen) atoms. The number of benzene rings is 3. The highest BCUT2D eigenvalue weighted by molar-refractivity contribution is 6.31. The molecule has 1 unspecified atom stereocenters. The summed E-state index contributed by atoms with van der Waals surface area (Å²) in [4.78, 5) is 9.66. The van der Waals surface area contributed by atoms with Gasteiger partial charge in [-0.05, 0) is 79.9 Å². The molecule has 6 heteroatoms. The number of hydrogen-bond donors (Lipinski definition) is 1. The van der Waals surface area contributed by atoms with Gasteiger partial charge in [-0.1, -0.05) is 59.1 Å². The molecule has 4 aromatic rings. The second-order valence-electron chi connectivity index (χ2n) is 9.99. The third-order valence-electron chi connectivity index (χ3n) is 7.36. The third-order valence-corrected chi connectivity index (χ3v) is 7.83. The molecular weight excluding hydrogens is 499 g/mol. The zero-order valence-electron chi connectivity index (χ0n) is 21.6. The maximum atomic E-state index is 6.29. The number of pyridine rings is 1. The van der Waals surface area contributed by atoms with Crippen LogP contribution >= 0.6 is 23.2 Å². The van der Waals surface area contributed by atoms with Crippen molar-refractivity contribution in [1.29, 1.82) is 0 Å². The number of fused-ring (bicyclic) bond motifs is 1. The molecule has 1 aliphatic heterocycles. The average Bonchev–Trinajstić information content (AvgIpc) is 2.89. The van der Waals surface area contributed by atoms with Crippen LogP contribution in [0.15, 0.2) is 72.9 Å². The van der Waals surface area contributed by atoms with Crippen LogP contribution in [-0.2, 0) is 0 Å². The number of hydrogen-bond acceptors (Lipinski definition) is 4. The second kappa shape index (κ2) is 11.8. The zero-order chi connectivity index (χ0) is 25.8. The van der Waals surface area contributed by atoms with Gasteiger partial charge in [0.2, 0.25) is 0 Å². The SMILES string of the molecule is Cc1ccc(C(c2ccc(Cl)cc2C)N2CCN(CCCNc3ccnc4cc(Cl)ccc34)CC2)cc1. The van der Waals surface area contributed by atoms with Gasteiger partial charge >= 0.3 is 0 Å². The number of piperazine rings is 1. The van der Waals surface area contributed by atoms with Crippen LogP contribution in [0, 0.1) is 13.8 Å². The molecule has 0 radical (unpaired) electrons. The predicted octanol–water partition coefficient (Wildman–Crippen LogP) is 7.37. The van der Waals surface area contributed by atoms with Crippen LogP contribution in [0.3, 0.4) is 0 Å². The summed E-state index contributed by atoms with van der Waals surface area (Å²) in [5, 5.41) is 6.22. The number of anilines is 1. The van der Waals surface area contributed by atoms with Gasteiger partial charge in [0.25, 0.3) is 0 Å². The first-order chi connectivity index (χ1) is 18.0. The van der Waals surface area contributed by atoms with E-state index in [0.717, 1.165) is 67.3 Å². The number of aryl methyl sites for hydroxylation is 2. The van der Waals surface area contributed by atoms with Crippen molar-refractivity contribution in [2.75, 3.05) is 44.6 Å². The summed E-state index contributed by atoms with van der Waals surface area (Å²) >= 11 is 12.4. The van der Waals surface area contributed by atoms with Crippen molar-refractivity contribution in [3.05, 3.63) is 105 Å². The molecule has 1 fully saturated rings. The summed E-state index contributed by atoms with van der Waals surface area (Å²) in [6.07, 6.45) is 2.93. The van der Waals surface area contributed by atoms with E-state index in [9.17, 15) is 0 Å². The van der Waals surface area contributed by atoms with E-state index in [0.29, 0.717) is 5.02 Å². The second-order valence-corrected chi connectivity index (χ2v) is 10.9. The van der Waals surface area contributed by atoms with E-state index in [-0.39, 0.29) is 6.04 Å². The van der Waals surface area contributed by atoms with Crippen molar-refractivity contribution in [2.24, 2.45) is 0 Å². The summed E-state index contributed by atoms with van der Waals surface area (Å²) in [5.74, 6) is 0. The van der Waals surface area contributed by atoms with Gasteiger partial charge in [-0.15, -0.1) is 0 Å². The van der Waals surface area contributed by atoms with Gasteiger partial charge in [0.05, 0.1) is 11.6 Å². The Balaban J connectivity index is 1.19. The minimum absolute atomic E-state index is 0.246. The minimum atomic E-state index is 0.246. The molecule has 1 aliphatic rings. The summed E-state index contributed by atoms with van der Waals surface area (Å²) in [6, 6.07) is 23.5. The highest BCUT2D eigenvalue weighted by Gasteiger charge is 2.27. The molecule has 0 spiro atoms. The smallest absolute Gasteiger partial charge is 0.0737 e. The molecule has 1 atom stereocenters. The number of halogens is 2. The molecule has 0 amide bonds. The predicted molar refractivity (Wildman–Crippen MR) is 157 cm³/mol. The first kappa shape index (κ1) is 26.0. The van der Waals surface area contributed by atoms with E-state index in [1.54, 1.807) is 0 Å². The Morgan fingerprint density at radius 3 is 2.35 bits per heavy atom. The van der Waals surface area contributed by atoms with Gasteiger partial charge in [0.15, 0.2) is 0 Å². The standard InChI is InChI=1S/C31H34Cl2N4/c1-22-4-6-24(7-5-22)31(27-10-8-25(32)20-23(27)2)37-18-16-36(17-19-37)15-3-13-34-29-12-14-35-30-21-26(33)9-11-28(29)30/h4-12,14,20-21,31H,3,13,15-19H2,1-2H3,(H,34,35). The lowest BCUT2D eigenvalue weighted by Crippen LogP contribution is -2.48. The molecule has 5 rings (SSSR count). The number of rotatable bonds is 8. The van der Waals surface area contributed by atoms with Crippen LogP contribution in [0.1, 0.15) is 34.7 Å². The number of nitrogens with one attached hydrogen (secondary N) is 1. The fourth-order valence-corrected chi connectivity index (χ4v) is 5.72. The zero-order valence-corrected chi connectivity index (χ0v) is 23.1. The summed E-state index contributed by atoms with van der Waals surface area (Å²) in [7, 11) is 0. The van der Waals surface area contributed by atoms with Gasteiger partial charge in [-0.3, -0.25) is 9.88 Å². The van der Waals surface area contributed by atoms with Gasteiger partial charge in [0.1, 0.15) is 0 Å². The van der Waals surface area contributed by atoms with Crippen molar-refractivity contribution in [3.8, 4) is 0 Å². The van der Waals surface area contributed by atoms with Gasteiger partial charge in [0, 0.05) is 60.0 Å². The first-order valence-corrected chi connectivity index (χ1v) is 13.8. The van der Waals surface area contributed by atoms with E-state index in [4.69, 9.17) is 23.2 Å². The number of aromatic nitrogens is 1. The van der Waals surface area contributed by atoms with Crippen LogP contribution in [0.25, 0.3) is 10.9 Å². The first-order valence-electron chi connectivity index (χ1n) is 13.0. The molecule has 3 aromatic carbocycles. The Bertz CT molecular complexity index is 1350. The fraction of sp³-hybridized carbons (Fsp3) is 0.323. The van der Waals surface area contributed by atoms with Gasteiger partial charge in [-0.2, -0.15) is 0 Å². The molecule has 0 bridgehead atoms. The minimum Gasteiger partial charge on any atom is -0.384 e. The van der Waals surface area contributed by atoms with E-state index < -0.39 is 0 Å². The monoisotopic (exact) mass is 532 g/mol. The maximum absolute atomic E-state index is 6.29. The summed E-state index contributed by atoms with van der Waals surface area (Å²) in [6.45, 7) is 10.6. The highest BCUT2D eigenvalue weighted by Crippen LogP contribution is 2.33. The molecule has 1 saturated heterocycles. The normalized spacial score (nSPS) is 15.7. The Hall–Kier alpha value is -2.63. The molecule has 2 heterocycles. The Morgan fingerprint density at radius 1 is 0.865 bits per heavy atom. The molecule has 0 saturated carbocycles. The maximum Gasteiger partial charge on any atom is 0.0737 e. The van der Waals surface area contributed by atoms with E-state index in [1.165, 1.54) is 22.3 Å². The summed E-state index contributed by atoms with van der Waals surface area (Å²) < 4.78 is 0. The van der Waals surface area contributed by atoms with Crippen LogP contribution < -0.4 is 5.32 Å². The van der Waals surface area contributed by atoms with Gasteiger partial charge < -0.3 is 10.2 Å². The van der Waals surface area contributed by atoms with E-state index in [2.05, 4.69) is 70.3 Å². The molecule has 192 valence electrons. The Labute approximate surface area is 230 Å². The number of nitrogens with zero attached hydrogens (tertiary/aromatic N) is 3. The average molecular weight is 534 g/mol. The Morgan fingerprint density at radius 2 is 1.59 bits per heavy atom. The lowest BCUT2D eigenvalue weighted by atomic mass is 9.92. The van der Waals surface area contributed by atoms with Crippen LogP contribution in [-0.4, -0.2) is 54.1 Å². The molecule has 1 aromatic heterocycles. The lowest BCUT2D eigenvalue weighted by Gasteiger charge is -2.40. The van der Waals surface area contributed by atoms with Crippen molar-refractivity contribution in [1.82, 2.24) is 14.8 Å². The van der Waals surface area contributed by atoms with Crippen molar-refractivity contribution in [3.63, 3.8) is 0 Å². The largest absolute Gasteiger partial charge is 0.384 e. The highest BCUT2D eigenvalue weighted by atomic mass is 35.5. The topological polar surface area (TPSA) is 31.4 Å². The molecule has 4 nitrogen and oxygen atoms in total. The molecule has 1 N–H and O–H groups in total. The van der Waals surface area contributed by atoms with Crippen molar-refractivity contribution >= 4 is 39.8 Å². The molecule has 0 aliphatic carbocycles. The molecular formula is C31H34Cl2N4. The Kier molecular flexibility index (Phi) is 8.31. The van der Waals surface area contributed by atoms with Crippen LogP contribution in [0.2, 0.25) is 10.0 Å². The lowest BCUT2D eigenvalue weighted by molar-refractivity contribution is 0.109. The quantitative estimate of drug-likeness (QED) is 0.240. The van der Waals surface area contributed by atoms with Gasteiger partial charge in [-0.25, -0.2) is 0 Å². The van der Waals surface area contributed by atoms with Crippen LogP contribution in [0.5, 0.6) is 0 Å². The van der Waals surface area contributed by atoms with E-state index >= 15 is 0 Å². The third kappa shape index (κ3) is 6.27. The van der Waals surface area contributed by atoms with Crippen molar-refractivity contribution in [2.45, 2.75) is 26.3 Å². The summed E-state index contributed by atoms with van der Waals surface area (Å²) in [5.41, 5.74) is 7.27. The van der Waals surface area contributed by atoms with E-state index in [1.807, 2.05) is 36.5 Å². The van der Waals surface area contributed by atoms with Crippen LogP contribution in [0.4, 0.5) is 5.69 Å².